The Morgan fingerprint density at radius 3 is 0.922 bits per heavy atom. The summed E-state index contributed by atoms with van der Waals surface area (Å²) in [6.07, 6.45) is 36.1. The van der Waals surface area contributed by atoms with Gasteiger partial charge >= 0.3 is 11.9 Å². The number of aliphatic hydroxyl groups excluding tert-OH is 1. The summed E-state index contributed by atoms with van der Waals surface area (Å²) in [5, 5.41) is 29.8. The van der Waals surface area contributed by atoms with Crippen LogP contribution in [0.25, 0.3) is 0 Å². The van der Waals surface area contributed by atoms with Gasteiger partial charge in [-0.05, 0) is 70.9 Å². The van der Waals surface area contributed by atoms with Crippen molar-refractivity contribution in [2.75, 3.05) is 26.2 Å². The summed E-state index contributed by atoms with van der Waals surface area (Å²) in [5.74, 6) is -1.11. The fourth-order valence-corrected chi connectivity index (χ4v) is 8.20. The zero-order chi connectivity index (χ0) is 37.9. The summed E-state index contributed by atoms with van der Waals surface area (Å²) in [7, 11) is 0. The van der Waals surface area contributed by atoms with Crippen molar-refractivity contribution in [1.82, 2.24) is 4.90 Å². The second-order valence-corrected chi connectivity index (χ2v) is 16.4. The topological polar surface area (TPSA) is 98.1 Å². The molecule has 0 amide bonds. The van der Waals surface area contributed by atoms with E-state index < -0.39 is 22.8 Å². The van der Waals surface area contributed by atoms with Crippen LogP contribution in [-0.4, -0.2) is 58.4 Å². The number of unbranched alkanes of at least 4 members (excludes halogenated alkanes) is 20. The number of hydrogen-bond acceptors (Lipinski definition) is 4. The van der Waals surface area contributed by atoms with Gasteiger partial charge in [0, 0.05) is 13.2 Å². The van der Waals surface area contributed by atoms with Gasteiger partial charge in [0.2, 0.25) is 0 Å². The van der Waals surface area contributed by atoms with Crippen molar-refractivity contribution < 1.29 is 24.9 Å². The lowest BCUT2D eigenvalue weighted by Crippen LogP contribution is -2.31. The lowest BCUT2D eigenvalue weighted by Gasteiger charge is -2.30. The molecule has 304 valence electrons. The number of aliphatic carboxylic acids is 2. The summed E-state index contributed by atoms with van der Waals surface area (Å²) in [6, 6.07) is 0. The van der Waals surface area contributed by atoms with Crippen molar-refractivity contribution in [2.45, 2.75) is 240 Å². The van der Waals surface area contributed by atoms with Crippen LogP contribution >= 0.6 is 0 Å². The Kier molecular flexibility index (Phi) is 33.8. The number of rotatable bonds is 41. The summed E-state index contributed by atoms with van der Waals surface area (Å²) >= 11 is 0. The van der Waals surface area contributed by atoms with Crippen molar-refractivity contribution in [2.24, 2.45) is 10.8 Å². The highest BCUT2D eigenvalue weighted by atomic mass is 16.4. The van der Waals surface area contributed by atoms with Crippen molar-refractivity contribution in [3.63, 3.8) is 0 Å². The zero-order valence-electron chi connectivity index (χ0n) is 34.8. The van der Waals surface area contributed by atoms with Gasteiger partial charge in [-0.2, -0.15) is 0 Å². The molecular formula is C45H89NO5. The number of carboxylic acid groups (broad SMARTS) is 2. The third-order valence-corrected chi connectivity index (χ3v) is 11.8. The predicted octanol–water partition coefficient (Wildman–Crippen LogP) is 13.4. The van der Waals surface area contributed by atoms with E-state index in [4.69, 9.17) is 0 Å². The van der Waals surface area contributed by atoms with Crippen molar-refractivity contribution in [1.29, 1.82) is 0 Å². The van der Waals surface area contributed by atoms with Crippen LogP contribution in [0.3, 0.4) is 0 Å². The lowest BCUT2D eigenvalue weighted by molar-refractivity contribution is -0.151. The molecule has 2 unspecified atom stereocenters. The van der Waals surface area contributed by atoms with E-state index in [2.05, 4.69) is 32.6 Å². The van der Waals surface area contributed by atoms with Crippen molar-refractivity contribution in [3.8, 4) is 0 Å². The molecular weight excluding hydrogens is 634 g/mol. The molecule has 6 nitrogen and oxygen atoms in total. The number of hydrogen-bond donors (Lipinski definition) is 3. The molecule has 0 heterocycles. The fourth-order valence-electron chi connectivity index (χ4n) is 8.20. The Hall–Kier alpha value is -1.14. The van der Waals surface area contributed by atoms with Crippen LogP contribution < -0.4 is 0 Å². The number of carboxylic acids is 2. The molecule has 0 saturated heterocycles. The largest absolute Gasteiger partial charge is 0.481 e. The minimum atomic E-state index is -0.555. The second-order valence-electron chi connectivity index (χ2n) is 16.4. The van der Waals surface area contributed by atoms with Gasteiger partial charge in [-0.1, -0.05) is 182 Å². The number of nitrogens with zero attached hydrogens (tertiary/aromatic N) is 1. The third-order valence-electron chi connectivity index (χ3n) is 11.8. The molecule has 0 aromatic rings. The Morgan fingerprint density at radius 1 is 0.373 bits per heavy atom. The van der Waals surface area contributed by atoms with E-state index >= 15 is 0 Å². The van der Waals surface area contributed by atoms with E-state index in [-0.39, 0.29) is 6.61 Å². The Balaban J connectivity index is 4.28. The van der Waals surface area contributed by atoms with Crippen LogP contribution in [0.5, 0.6) is 0 Å². The molecule has 0 bridgehead atoms. The highest BCUT2D eigenvalue weighted by Crippen LogP contribution is 2.39. The normalized spacial score (nSPS) is 14.2. The Bertz CT molecular complexity index is 731. The second kappa shape index (κ2) is 34.6. The average molecular weight is 724 g/mol. The monoisotopic (exact) mass is 724 g/mol. The maximum Gasteiger partial charge on any atom is 0.309 e. The number of aliphatic hydroxyl groups is 1. The summed E-state index contributed by atoms with van der Waals surface area (Å²) in [6.45, 7) is 12.2. The van der Waals surface area contributed by atoms with Gasteiger partial charge in [-0.3, -0.25) is 9.59 Å². The van der Waals surface area contributed by atoms with E-state index in [1.807, 2.05) is 0 Å². The van der Waals surface area contributed by atoms with Gasteiger partial charge in [-0.15, -0.1) is 0 Å². The maximum absolute atomic E-state index is 12.4. The molecule has 0 aromatic carbocycles. The van der Waals surface area contributed by atoms with E-state index in [1.165, 1.54) is 89.9 Å². The van der Waals surface area contributed by atoms with E-state index in [0.717, 1.165) is 142 Å². The standard InChI is InChI=1S/C45H89NO5/c1-5-9-13-25-34-44(42(48)49,32-11-7-3)36-27-21-17-15-19-23-29-38-46(40-31-41-47)39-30-24-20-16-18-22-28-37-45(43(50)51,33-12-8-4)35-26-14-10-6-2/h47H,5-41H2,1-4H3,(H,48,49)(H,50,51). The zero-order valence-corrected chi connectivity index (χ0v) is 34.8. The first kappa shape index (κ1) is 49.9. The molecule has 0 radical (unpaired) electrons. The first-order valence-corrected chi connectivity index (χ1v) is 22.6. The lowest BCUT2D eigenvalue weighted by atomic mass is 9.74. The molecule has 0 aliphatic carbocycles. The minimum absolute atomic E-state index is 0.261. The van der Waals surface area contributed by atoms with Gasteiger partial charge in [0.15, 0.2) is 0 Å². The van der Waals surface area contributed by atoms with E-state index in [0.29, 0.717) is 0 Å². The average Bonchev–Trinajstić information content (AvgIpc) is 3.12. The summed E-state index contributed by atoms with van der Waals surface area (Å²) in [5.41, 5.74) is -1.00. The molecule has 0 aromatic heterocycles. The summed E-state index contributed by atoms with van der Waals surface area (Å²) in [4.78, 5) is 27.3. The smallest absolute Gasteiger partial charge is 0.309 e. The highest BCUT2D eigenvalue weighted by molar-refractivity contribution is 5.75. The SMILES string of the molecule is CCCCCCC(CCCC)(CCCCCCCCCN(CCCO)CCCCCCCCCC(CCCC)(CCCCCC)C(=O)O)C(=O)O. The molecule has 2 atom stereocenters. The van der Waals surface area contributed by atoms with Gasteiger partial charge in [0.1, 0.15) is 0 Å². The molecule has 0 aliphatic heterocycles. The number of carbonyl (C=O) groups is 2. The van der Waals surface area contributed by atoms with Crippen LogP contribution in [0.1, 0.15) is 240 Å². The molecule has 3 N–H and O–H groups in total. The van der Waals surface area contributed by atoms with Gasteiger partial charge in [-0.25, -0.2) is 0 Å². The van der Waals surface area contributed by atoms with Gasteiger partial charge < -0.3 is 20.2 Å². The van der Waals surface area contributed by atoms with Crippen LogP contribution in [0.4, 0.5) is 0 Å². The quantitative estimate of drug-likeness (QED) is 0.0543. The first-order chi connectivity index (χ1) is 24.8. The first-order valence-electron chi connectivity index (χ1n) is 22.6. The van der Waals surface area contributed by atoms with Crippen LogP contribution in [-0.2, 0) is 9.59 Å². The minimum Gasteiger partial charge on any atom is -0.481 e. The maximum atomic E-state index is 12.4. The molecule has 51 heavy (non-hydrogen) atoms. The van der Waals surface area contributed by atoms with Crippen molar-refractivity contribution in [3.05, 3.63) is 0 Å². The van der Waals surface area contributed by atoms with Crippen molar-refractivity contribution >= 4 is 11.9 Å². The highest BCUT2D eigenvalue weighted by Gasteiger charge is 2.37. The fraction of sp³-hybridized carbons (Fsp3) is 0.956. The summed E-state index contributed by atoms with van der Waals surface area (Å²) < 4.78 is 0. The van der Waals surface area contributed by atoms with Crippen LogP contribution in [0.2, 0.25) is 0 Å². The van der Waals surface area contributed by atoms with Gasteiger partial charge in [0.05, 0.1) is 10.8 Å². The van der Waals surface area contributed by atoms with Gasteiger partial charge in [0.25, 0.3) is 0 Å². The molecule has 0 rings (SSSR count). The van der Waals surface area contributed by atoms with E-state index in [1.54, 1.807) is 0 Å². The molecule has 6 heteroatoms. The molecule has 0 saturated carbocycles. The predicted molar refractivity (Wildman–Crippen MR) is 219 cm³/mol. The Morgan fingerprint density at radius 2 is 0.627 bits per heavy atom. The molecule has 0 aliphatic rings. The van der Waals surface area contributed by atoms with Crippen LogP contribution in [0, 0.1) is 10.8 Å². The van der Waals surface area contributed by atoms with E-state index in [9.17, 15) is 24.9 Å². The molecule has 0 spiro atoms. The van der Waals surface area contributed by atoms with Crippen LogP contribution in [0.15, 0.2) is 0 Å². The molecule has 0 fully saturated rings. The third kappa shape index (κ3) is 25.5. The Labute approximate surface area is 317 Å².